The number of carbonyl (C=O) groups excluding carboxylic acids is 2. The van der Waals surface area contributed by atoms with Crippen LogP contribution in [0.4, 0.5) is 0 Å². The van der Waals surface area contributed by atoms with E-state index in [4.69, 9.17) is 0 Å². The molecular weight excluding hydrogens is 270 g/mol. The molecule has 0 radical (unpaired) electrons. The summed E-state index contributed by atoms with van der Waals surface area (Å²) in [4.78, 5) is 23.9. The lowest BCUT2D eigenvalue weighted by Crippen LogP contribution is -2.40. The highest BCUT2D eigenvalue weighted by molar-refractivity contribution is 6.04. The number of ketones is 1. The highest BCUT2D eigenvalue weighted by Gasteiger charge is 2.21. The van der Waals surface area contributed by atoms with Gasteiger partial charge < -0.3 is 15.5 Å². The third-order valence-electron chi connectivity index (χ3n) is 3.00. The number of aliphatic hydroxyl groups excluding tert-OH is 1. The van der Waals surface area contributed by atoms with E-state index in [-0.39, 0.29) is 11.3 Å². The number of Topliss-reactive ketones (excluding diaryl/α,β-unsaturated/α-hetero) is 1. The standard InChI is InChI=1S/C16H15NO4/c1-10-6-8-11(9-7-10)14(19)16(21)17-15(20)12-4-2-3-5-13(12)18/h2-9,16,18,21H,1H3,(H,17,20)/t16-/m1/s1. The summed E-state index contributed by atoms with van der Waals surface area (Å²) in [6.07, 6.45) is -1.67. The molecule has 5 heteroatoms. The topological polar surface area (TPSA) is 86.6 Å². The predicted octanol–water partition coefficient (Wildman–Crippen LogP) is 1.63. The number of benzene rings is 2. The van der Waals surface area contributed by atoms with Crippen molar-refractivity contribution in [2.24, 2.45) is 0 Å². The fraction of sp³-hybridized carbons (Fsp3) is 0.125. The minimum absolute atomic E-state index is 0.00624. The molecule has 2 rings (SSSR count). The Balaban J connectivity index is 2.09. The molecule has 0 heterocycles. The van der Waals surface area contributed by atoms with Gasteiger partial charge in [0.2, 0.25) is 5.78 Å². The van der Waals surface area contributed by atoms with Gasteiger partial charge in [0.25, 0.3) is 5.91 Å². The van der Waals surface area contributed by atoms with E-state index >= 15 is 0 Å². The summed E-state index contributed by atoms with van der Waals surface area (Å²) in [5, 5.41) is 21.5. The van der Waals surface area contributed by atoms with Crippen LogP contribution in [0.2, 0.25) is 0 Å². The third-order valence-corrected chi connectivity index (χ3v) is 3.00. The number of aryl methyl sites for hydroxylation is 1. The summed E-state index contributed by atoms with van der Waals surface area (Å²) in [5.74, 6) is -1.55. The van der Waals surface area contributed by atoms with Crippen molar-refractivity contribution in [1.82, 2.24) is 5.32 Å². The molecule has 0 fully saturated rings. The smallest absolute Gasteiger partial charge is 0.257 e. The lowest BCUT2D eigenvalue weighted by Gasteiger charge is -2.12. The monoisotopic (exact) mass is 285 g/mol. The molecule has 0 aliphatic rings. The van der Waals surface area contributed by atoms with Crippen LogP contribution in [0.15, 0.2) is 48.5 Å². The van der Waals surface area contributed by atoms with Crippen molar-refractivity contribution in [2.75, 3.05) is 0 Å². The summed E-state index contributed by atoms with van der Waals surface area (Å²) < 4.78 is 0. The van der Waals surface area contributed by atoms with Gasteiger partial charge in [0, 0.05) is 5.56 Å². The van der Waals surface area contributed by atoms with Gasteiger partial charge in [0.15, 0.2) is 6.23 Å². The Morgan fingerprint density at radius 1 is 1.05 bits per heavy atom. The second-order valence-electron chi connectivity index (χ2n) is 4.62. The minimum atomic E-state index is -1.67. The van der Waals surface area contributed by atoms with Crippen LogP contribution >= 0.6 is 0 Å². The van der Waals surface area contributed by atoms with Crippen LogP contribution in [0.3, 0.4) is 0 Å². The van der Waals surface area contributed by atoms with Crippen molar-refractivity contribution < 1.29 is 19.8 Å². The van der Waals surface area contributed by atoms with E-state index in [2.05, 4.69) is 5.32 Å². The fourth-order valence-corrected chi connectivity index (χ4v) is 1.81. The van der Waals surface area contributed by atoms with E-state index in [1.807, 2.05) is 6.92 Å². The summed E-state index contributed by atoms with van der Waals surface area (Å²) in [6.45, 7) is 1.88. The molecule has 2 aromatic carbocycles. The number of carbonyl (C=O) groups is 2. The second kappa shape index (κ2) is 6.19. The Hall–Kier alpha value is -2.66. The number of phenolic OH excluding ortho intramolecular Hbond substituents is 1. The number of para-hydroxylation sites is 1. The largest absolute Gasteiger partial charge is 0.507 e. The number of hydrogen-bond acceptors (Lipinski definition) is 4. The molecule has 0 saturated heterocycles. The number of hydrogen-bond donors (Lipinski definition) is 3. The molecule has 0 aliphatic heterocycles. The van der Waals surface area contributed by atoms with Gasteiger partial charge in [-0.05, 0) is 19.1 Å². The molecule has 0 bridgehead atoms. The first-order chi connectivity index (χ1) is 9.99. The van der Waals surface area contributed by atoms with Crippen LogP contribution in [0.25, 0.3) is 0 Å². The van der Waals surface area contributed by atoms with Crippen LogP contribution in [-0.2, 0) is 0 Å². The average Bonchev–Trinajstić information content (AvgIpc) is 2.47. The molecule has 108 valence electrons. The van der Waals surface area contributed by atoms with Gasteiger partial charge >= 0.3 is 0 Å². The maximum absolute atomic E-state index is 12.0. The maximum Gasteiger partial charge on any atom is 0.257 e. The molecule has 1 atom stereocenters. The lowest BCUT2D eigenvalue weighted by molar-refractivity contribution is 0.0606. The minimum Gasteiger partial charge on any atom is -0.507 e. The molecule has 0 aromatic heterocycles. The summed E-state index contributed by atoms with van der Waals surface area (Å²) in [7, 11) is 0. The van der Waals surface area contributed by atoms with Gasteiger partial charge in [0.05, 0.1) is 5.56 Å². The number of aliphatic hydroxyl groups is 1. The van der Waals surface area contributed by atoms with Crippen LogP contribution < -0.4 is 5.32 Å². The Bertz CT molecular complexity index is 664. The zero-order chi connectivity index (χ0) is 15.4. The van der Waals surface area contributed by atoms with E-state index < -0.39 is 17.9 Å². The van der Waals surface area contributed by atoms with Gasteiger partial charge in [-0.2, -0.15) is 0 Å². The molecule has 1 amide bonds. The number of aromatic hydroxyl groups is 1. The molecule has 0 aliphatic carbocycles. The van der Waals surface area contributed by atoms with Crippen LogP contribution in [0.5, 0.6) is 5.75 Å². The van der Waals surface area contributed by atoms with Gasteiger partial charge in [-0.25, -0.2) is 0 Å². The zero-order valence-electron chi connectivity index (χ0n) is 11.4. The fourth-order valence-electron chi connectivity index (χ4n) is 1.81. The predicted molar refractivity (Wildman–Crippen MR) is 77.1 cm³/mol. The first-order valence-electron chi connectivity index (χ1n) is 6.37. The quantitative estimate of drug-likeness (QED) is 0.588. The highest BCUT2D eigenvalue weighted by atomic mass is 16.3. The molecule has 5 nitrogen and oxygen atoms in total. The Labute approximate surface area is 121 Å². The summed E-state index contributed by atoms with van der Waals surface area (Å²) >= 11 is 0. The van der Waals surface area contributed by atoms with Crippen LogP contribution in [-0.4, -0.2) is 28.1 Å². The van der Waals surface area contributed by atoms with E-state index in [9.17, 15) is 19.8 Å². The lowest BCUT2D eigenvalue weighted by atomic mass is 10.1. The van der Waals surface area contributed by atoms with Crippen molar-refractivity contribution in [3.05, 3.63) is 65.2 Å². The van der Waals surface area contributed by atoms with E-state index in [0.29, 0.717) is 5.56 Å². The highest BCUT2D eigenvalue weighted by Crippen LogP contribution is 2.15. The first kappa shape index (κ1) is 14.7. The van der Waals surface area contributed by atoms with Crippen molar-refractivity contribution in [1.29, 1.82) is 0 Å². The normalized spacial score (nSPS) is 11.7. The van der Waals surface area contributed by atoms with Crippen molar-refractivity contribution in [2.45, 2.75) is 13.2 Å². The Morgan fingerprint density at radius 3 is 2.29 bits per heavy atom. The van der Waals surface area contributed by atoms with Gasteiger partial charge in [-0.1, -0.05) is 42.0 Å². The molecule has 3 N–H and O–H groups in total. The van der Waals surface area contributed by atoms with Gasteiger partial charge in [-0.15, -0.1) is 0 Å². The maximum atomic E-state index is 12.0. The molecule has 0 saturated carbocycles. The molecule has 21 heavy (non-hydrogen) atoms. The van der Waals surface area contributed by atoms with E-state index in [1.54, 1.807) is 36.4 Å². The second-order valence-corrected chi connectivity index (χ2v) is 4.62. The van der Waals surface area contributed by atoms with Crippen molar-refractivity contribution in [3.63, 3.8) is 0 Å². The molecular formula is C16H15NO4. The molecule has 2 aromatic rings. The van der Waals surface area contributed by atoms with Crippen molar-refractivity contribution >= 4 is 11.7 Å². The Kier molecular flexibility index (Phi) is 4.35. The van der Waals surface area contributed by atoms with Crippen LogP contribution in [0, 0.1) is 6.92 Å². The summed E-state index contributed by atoms with van der Waals surface area (Å²) in [5.41, 5.74) is 1.28. The third kappa shape index (κ3) is 3.46. The Morgan fingerprint density at radius 2 is 1.67 bits per heavy atom. The molecule has 0 spiro atoms. The van der Waals surface area contributed by atoms with E-state index in [0.717, 1.165) is 5.56 Å². The van der Waals surface area contributed by atoms with Gasteiger partial charge in [-0.3, -0.25) is 9.59 Å². The summed E-state index contributed by atoms with van der Waals surface area (Å²) in [6, 6.07) is 12.5. The SMILES string of the molecule is Cc1ccc(C(=O)[C@@H](O)NC(=O)c2ccccc2O)cc1. The number of nitrogens with one attached hydrogen (secondary N) is 1. The van der Waals surface area contributed by atoms with E-state index in [1.165, 1.54) is 12.1 Å². The zero-order valence-corrected chi connectivity index (χ0v) is 11.4. The number of phenols is 1. The number of amides is 1. The average molecular weight is 285 g/mol. The van der Waals surface area contributed by atoms with Gasteiger partial charge in [0.1, 0.15) is 5.75 Å². The molecule has 0 unspecified atom stereocenters. The van der Waals surface area contributed by atoms with Crippen molar-refractivity contribution in [3.8, 4) is 5.75 Å². The van der Waals surface area contributed by atoms with Crippen LogP contribution in [0.1, 0.15) is 26.3 Å². The first-order valence-corrected chi connectivity index (χ1v) is 6.37. The number of rotatable bonds is 4.